The van der Waals surface area contributed by atoms with Crippen LogP contribution in [0.4, 0.5) is 10.1 Å². The summed E-state index contributed by atoms with van der Waals surface area (Å²) in [6, 6.07) is 6.12. The maximum atomic E-state index is 13.4. The van der Waals surface area contributed by atoms with Crippen LogP contribution < -0.4 is 10.6 Å². The quantitative estimate of drug-likeness (QED) is 0.753. The number of rotatable bonds is 6. The molecule has 116 valence electrons. The van der Waals surface area contributed by atoms with Crippen molar-refractivity contribution >= 4 is 11.6 Å². The molecule has 21 heavy (non-hydrogen) atoms. The van der Waals surface area contributed by atoms with Crippen molar-refractivity contribution in [1.82, 2.24) is 5.32 Å². The summed E-state index contributed by atoms with van der Waals surface area (Å²) in [5, 5.41) is 15.0. The minimum atomic E-state index is -0.432. The fourth-order valence-electron chi connectivity index (χ4n) is 2.92. The Hall–Kier alpha value is -1.46. The molecule has 1 aromatic rings. The Bertz CT molecular complexity index is 467. The standard InChI is InChI=1S/C16H23FN2O2/c17-14-7-3-4-8-15(14)19-16(21)10-18-9-12-5-1-2-6-13(12)11-20/h3-4,7-8,12-13,18,20H,1-2,5-6,9-11H2,(H,19,21). The maximum absolute atomic E-state index is 13.4. The van der Waals surface area contributed by atoms with Gasteiger partial charge < -0.3 is 15.7 Å². The van der Waals surface area contributed by atoms with Crippen LogP contribution in [0.25, 0.3) is 0 Å². The van der Waals surface area contributed by atoms with Gasteiger partial charge in [0.1, 0.15) is 5.82 Å². The second-order valence-corrected chi connectivity index (χ2v) is 5.65. The molecule has 0 saturated heterocycles. The van der Waals surface area contributed by atoms with E-state index < -0.39 is 5.82 Å². The van der Waals surface area contributed by atoms with Gasteiger partial charge in [-0.25, -0.2) is 4.39 Å². The number of amides is 1. The van der Waals surface area contributed by atoms with Gasteiger partial charge in [-0.1, -0.05) is 25.0 Å². The highest BCUT2D eigenvalue weighted by Gasteiger charge is 2.24. The Morgan fingerprint density at radius 2 is 1.95 bits per heavy atom. The molecule has 5 heteroatoms. The van der Waals surface area contributed by atoms with Gasteiger partial charge in [-0.15, -0.1) is 0 Å². The molecular weight excluding hydrogens is 271 g/mol. The molecule has 1 amide bonds. The average Bonchev–Trinajstić information content (AvgIpc) is 2.50. The average molecular weight is 294 g/mol. The summed E-state index contributed by atoms with van der Waals surface area (Å²) in [4.78, 5) is 11.8. The van der Waals surface area contributed by atoms with E-state index in [9.17, 15) is 14.3 Å². The summed E-state index contributed by atoms with van der Waals surface area (Å²) in [7, 11) is 0. The highest BCUT2D eigenvalue weighted by molar-refractivity contribution is 5.92. The van der Waals surface area contributed by atoms with Crippen LogP contribution in [-0.4, -0.2) is 30.7 Å². The third-order valence-corrected chi connectivity index (χ3v) is 4.14. The molecule has 1 aliphatic carbocycles. The zero-order chi connectivity index (χ0) is 15.1. The van der Waals surface area contributed by atoms with Gasteiger partial charge in [-0.05, 0) is 43.4 Å². The van der Waals surface area contributed by atoms with Crippen LogP contribution in [0.2, 0.25) is 0 Å². The lowest BCUT2D eigenvalue weighted by molar-refractivity contribution is -0.115. The van der Waals surface area contributed by atoms with Crippen molar-refractivity contribution in [1.29, 1.82) is 0 Å². The third-order valence-electron chi connectivity index (χ3n) is 4.14. The molecule has 1 aliphatic rings. The van der Waals surface area contributed by atoms with Crippen molar-refractivity contribution in [2.75, 3.05) is 25.0 Å². The number of aliphatic hydroxyl groups is 1. The van der Waals surface area contributed by atoms with Crippen molar-refractivity contribution in [2.24, 2.45) is 11.8 Å². The SMILES string of the molecule is O=C(CNCC1CCCCC1CO)Nc1ccccc1F. The molecule has 1 aromatic carbocycles. The Morgan fingerprint density at radius 3 is 2.67 bits per heavy atom. The van der Waals surface area contributed by atoms with Crippen LogP contribution in [-0.2, 0) is 4.79 Å². The number of halogens is 1. The zero-order valence-corrected chi connectivity index (χ0v) is 12.1. The minimum Gasteiger partial charge on any atom is -0.396 e. The van der Waals surface area contributed by atoms with Gasteiger partial charge >= 0.3 is 0 Å². The summed E-state index contributed by atoms with van der Waals surface area (Å²) in [6.07, 6.45) is 4.51. The van der Waals surface area contributed by atoms with E-state index in [0.29, 0.717) is 11.8 Å². The van der Waals surface area contributed by atoms with E-state index in [1.165, 1.54) is 25.0 Å². The van der Waals surface area contributed by atoms with Crippen LogP contribution in [0.3, 0.4) is 0 Å². The van der Waals surface area contributed by atoms with Crippen LogP contribution >= 0.6 is 0 Å². The lowest BCUT2D eigenvalue weighted by atomic mass is 9.79. The summed E-state index contributed by atoms with van der Waals surface area (Å²) in [5.41, 5.74) is 0.204. The summed E-state index contributed by atoms with van der Waals surface area (Å²) < 4.78 is 13.4. The molecule has 0 radical (unpaired) electrons. The van der Waals surface area contributed by atoms with Crippen molar-refractivity contribution in [3.05, 3.63) is 30.1 Å². The highest BCUT2D eigenvalue weighted by Crippen LogP contribution is 2.28. The molecule has 0 bridgehead atoms. The highest BCUT2D eigenvalue weighted by atomic mass is 19.1. The number of benzene rings is 1. The third kappa shape index (κ3) is 4.79. The van der Waals surface area contributed by atoms with Crippen LogP contribution in [0.5, 0.6) is 0 Å². The number of hydrogen-bond donors (Lipinski definition) is 3. The van der Waals surface area contributed by atoms with Gasteiger partial charge in [-0.2, -0.15) is 0 Å². The Labute approximate surface area is 124 Å². The number of para-hydroxylation sites is 1. The van der Waals surface area contributed by atoms with Crippen molar-refractivity contribution in [3.8, 4) is 0 Å². The second-order valence-electron chi connectivity index (χ2n) is 5.65. The molecule has 2 unspecified atom stereocenters. The first-order chi connectivity index (χ1) is 10.2. The van der Waals surface area contributed by atoms with Gasteiger partial charge in [0.25, 0.3) is 0 Å². The zero-order valence-electron chi connectivity index (χ0n) is 12.1. The number of carbonyl (C=O) groups excluding carboxylic acids is 1. The summed E-state index contributed by atoms with van der Waals surface area (Å²) in [5.74, 6) is 0.0702. The molecule has 0 aliphatic heterocycles. The van der Waals surface area contributed by atoms with Gasteiger partial charge in [-0.3, -0.25) is 4.79 Å². The molecule has 3 N–H and O–H groups in total. The van der Waals surface area contributed by atoms with E-state index in [0.717, 1.165) is 19.4 Å². The largest absolute Gasteiger partial charge is 0.396 e. The molecule has 0 heterocycles. The Balaban J connectivity index is 1.73. The van der Waals surface area contributed by atoms with Crippen molar-refractivity contribution in [2.45, 2.75) is 25.7 Å². The predicted molar refractivity (Wildman–Crippen MR) is 80.4 cm³/mol. The van der Waals surface area contributed by atoms with Gasteiger partial charge in [0.15, 0.2) is 0 Å². The lowest BCUT2D eigenvalue weighted by Gasteiger charge is -2.30. The molecule has 1 saturated carbocycles. The van der Waals surface area contributed by atoms with Crippen molar-refractivity contribution < 1.29 is 14.3 Å². The van der Waals surface area contributed by atoms with Crippen molar-refractivity contribution in [3.63, 3.8) is 0 Å². The number of hydrogen-bond acceptors (Lipinski definition) is 3. The molecule has 2 atom stereocenters. The summed E-state index contributed by atoms with van der Waals surface area (Å²) in [6.45, 7) is 1.09. The maximum Gasteiger partial charge on any atom is 0.238 e. The fraction of sp³-hybridized carbons (Fsp3) is 0.562. The van der Waals surface area contributed by atoms with Gasteiger partial charge in [0, 0.05) is 6.61 Å². The van der Waals surface area contributed by atoms with E-state index >= 15 is 0 Å². The topological polar surface area (TPSA) is 61.4 Å². The van der Waals surface area contributed by atoms with E-state index in [1.807, 2.05) is 0 Å². The number of carbonyl (C=O) groups is 1. The smallest absolute Gasteiger partial charge is 0.238 e. The Morgan fingerprint density at radius 1 is 1.24 bits per heavy atom. The Kier molecular flexibility index (Phi) is 6.14. The van der Waals surface area contributed by atoms with Gasteiger partial charge in [0.05, 0.1) is 12.2 Å². The first-order valence-corrected chi connectivity index (χ1v) is 7.56. The fourth-order valence-corrected chi connectivity index (χ4v) is 2.92. The molecular formula is C16H23FN2O2. The molecule has 2 rings (SSSR count). The predicted octanol–water partition coefficient (Wildman–Crippen LogP) is 2.15. The first-order valence-electron chi connectivity index (χ1n) is 7.56. The first kappa shape index (κ1) is 15.9. The van der Waals surface area contributed by atoms with E-state index in [1.54, 1.807) is 12.1 Å². The number of nitrogens with one attached hydrogen (secondary N) is 2. The summed E-state index contributed by atoms with van der Waals surface area (Å²) >= 11 is 0. The van der Waals surface area contributed by atoms with Crippen LogP contribution in [0.15, 0.2) is 24.3 Å². The number of aliphatic hydroxyl groups excluding tert-OH is 1. The minimum absolute atomic E-state index is 0.156. The van der Waals surface area contributed by atoms with E-state index in [2.05, 4.69) is 10.6 Å². The second kappa shape index (κ2) is 8.10. The number of anilines is 1. The molecule has 0 aromatic heterocycles. The molecule has 4 nitrogen and oxygen atoms in total. The van der Waals surface area contributed by atoms with Crippen LogP contribution in [0.1, 0.15) is 25.7 Å². The molecule has 0 spiro atoms. The van der Waals surface area contributed by atoms with E-state index in [-0.39, 0.29) is 24.7 Å². The van der Waals surface area contributed by atoms with Crippen LogP contribution in [0, 0.1) is 17.7 Å². The normalized spacial score (nSPS) is 22.0. The monoisotopic (exact) mass is 294 g/mol. The lowest BCUT2D eigenvalue weighted by Crippen LogP contribution is -2.36. The van der Waals surface area contributed by atoms with Gasteiger partial charge in [0.2, 0.25) is 5.91 Å². The van der Waals surface area contributed by atoms with E-state index in [4.69, 9.17) is 0 Å². The molecule has 1 fully saturated rings.